The molecule has 2 aromatic rings. The van der Waals surface area contributed by atoms with Crippen molar-refractivity contribution < 1.29 is 14.5 Å². The summed E-state index contributed by atoms with van der Waals surface area (Å²) in [6.07, 6.45) is 0.636. The van der Waals surface area contributed by atoms with Crippen LogP contribution in [0.4, 0.5) is 10.5 Å². The van der Waals surface area contributed by atoms with E-state index in [1.165, 1.54) is 6.20 Å². The van der Waals surface area contributed by atoms with Gasteiger partial charge in [-0.1, -0.05) is 42.2 Å². The Bertz CT molecular complexity index is 849. The molecule has 0 aliphatic carbocycles. The predicted octanol–water partition coefficient (Wildman–Crippen LogP) is 1.56. The lowest BCUT2D eigenvalue weighted by Crippen LogP contribution is -2.24. The van der Waals surface area contributed by atoms with Gasteiger partial charge in [-0.3, -0.25) is 14.9 Å². The first-order valence-corrected chi connectivity index (χ1v) is 6.87. The third-order valence-electron chi connectivity index (χ3n) is 2.85. The largest absolute Gasteiger partial charge is 0.445 e. The molecule has 0 atom stereocenters. The molecule has 0 aliphatic heterocycles. The van der Waals surface area contributed by atoms with Crippen molar-refractivity contribution >= 4 is 11.8 Å². The van der Waals surface area contributed by atoms with E-state index in [4.69, 9.17) is 4.74 Å². The van der Waals surface area contributed by atoms with Crippen molar-refractivity contribution in [3.63, 3.8) is 0 Å². The molecule has 0 saturated carbocycles. The van der Waals surface area contributed by atoms with Crippen LogP contribution in [-0.4, -0.2) is 22.5 Å². The van der Waals surface area contributed by atoms with Gasteiger partial charge in [-0.2, -0.15) is 0 Å². The van der Waals surface area contributed by atoms with Crippen LogP contribution < -0.4 is 10.9 Å². The van der Waals surface area contributed by atoms with Gasteiger partial charge in [-0.05, 0) is 5.56 Å². The molecule has 2 rings (SSSR count). The zero-order valence-corrected chi connectivity index (χ0v) is 12.4. The fraction of sp³-hybridized carbons (Fsp3) is 0.125. The third-order valence-corrected chi connectivity index (χ3v) is 2.85. The number of nitrogens with one attached hydrogen (secondary N) is 2. The van der Waals surface area contributed by atoms with E-state index in [1.807, 2.05) is 30.3 Å². The maximum Gasteiger partial charge on any atom is 0.408 e. The Morgan fingerprint density at radius 3 is 2.79 bits per heavy atom. The van der Waals surface area contributed by atoms with Crippen LogP contribution in [0.15, 0.2) is 47.4 Å². The summed E-state index contributed by atoms with van der Waals surface area (Å²) in [4.78, 5) is 34.8. The molecule has 2 N–H and O–H groups in total. The zero-order valence-electron chi connectivity index (χ0n) is 12.4. The highest BCUT2D eigenvalue weighted by atomic mass is 16.6. The van der Waals surface area contributed by atoms with Crippen LogP contribution in [0.3, 0.4) is 0 Å². The normalized spacial score (nSPS) is 9.50. The standard InChI is InChI=1S/C16H13N3O5/c20-15-14(19(22)23)9-13(10-18-15)7-4-8-17-16(21)24-11-12-5-2-1-3-6-12/h1-3,5-6,9-10H,8,11H2,(H,17,21)(H,18,20). The van der Waals surface area contributed by atoms with Gasteiger partial charge in [-0.25, -0.2) is 4.79 Å². The first kappa shape index (κ1) is 16.8. The molecule has 8 heteroatoms. The highest BCUT2D eigenvalue weighted by Crippen LogP contribution is 2.04. The summed E-state index contributed by atoms with van der Waals surface area (Å²) < 4.78 is 4.99. The second-order valence-corrected chi connectivity index (χ2v) is 4.58. The highest BCUT2D eigenvalue weighted by molar-refractivity contribution is 5.67. The van der Waals surface area contributed by atoms with Gasteiger partial charge in [0.15, 0.2) is 0 Å². The van der Waals surface area contributed by atoms with Crippen LogP contribution in [-0.2, 0) is 11.3 Å². The Morgan fingerprint density at radius 2 is 2.08 bits per heavy atom. The van der Waals surface area contributed by atoms with Crippen LogP contribution in [0.25, 0.3) is 0 Å². The van der Waals surface area contributed by atoms with E-state index in [2.05, 4.69) is 22.1 Å². The number of H-pyrrole nitrogens is 1. The smallest absolute Gasteiger partial charge is 0.408 e. The molecule has 0 spiro atoms. The monoisotopic (exact) mass is 327 g/mol. The Kier molecular flexibility index (Phi) is 5.69. The van der Waals surface area contributed by atoms with Gasteiger partial charge in [0.05, 0.1) is 11.5 Å². The number of alkyl carbamates (subject to hydrolysis) is 1. The Balaban J connectivity index is 1.83. The number of hydrogen-bond donors (Lipinski definition) is 2. The minimum Gasteiger partial charge on any atom is -0.445 e. The average molecular weight is 327 g/mol. The number of carbonyl (C=O) groups is 1. The maximum atomic E-state index is 11.5. The Hall–Kier alpha value is -3.60. The van der Waals surface area contributed by atoms with Crippen LogP contribution in [0, 0.1) is 22.0 Å². The second kappa shape index (κ2) is 8.14. The summed E-state index contributed by atoms with van der Waals surface area (Å²) in [5.74, 6) is 5.21. The lowest BCUT2D eigenvalue weighted by atomic mass is 10.2. The van der Waals surface area contributed by atoms with Crippen molar-refractivity contribution in [2.45, 2.75) is 6.61 Å². The third kappa shape index (κ3) is 4.99. The summed E-state index contributed by atoms with van der Waals surface area (Å²) in [5.41, 5.74) is -0.259. The SMILES string of the molecule is O=C(NCC#Cc1c[nH]c(=O)c([N+](=O)[O-])c1)OCc1ccccc1. The molecule has 8 nitrogen and oxygen atoms in total. The topological polar surface area (TPSA) is 114 Å². The number of amides is 1. The molecule has 122 valence electrons. The number of pyridine rings is 1. The summed E-state index contributed by atoms with van der Waals surface area (Å²) in [6, 6.07) is 10.3. The van der Waals surface area contributed by atoms with Gasteiger partial charge < -0.3 is 15.0 Å². The number of hydrogen-bond acceptors (Lipinski definition) is 5. The lowest BCUT2D eigenvalue weighted by Gasteiger charge is -2.04. The first-order chi connectivity index (χ1) is 11.6. The van der Waals surface area contributed by atoms with Crippen molar-refractivity contribution in [2.75, 3.05) is 6.54 Å². The molecule has 0 aliphatic rings. The Labute approximate surface area is 136 Å². The van der Waals surface area contributed by atoms with Crippen molar-refractivity contribution in [1.29, 1.82) is 0 Å². The molecule has 0 unspecified atom stereocenters. The molecule has 1 aromatic carbocycles. The fourth-order valence-corrected chi connectivity index (χ4v) is 1.72. The number of aromatic amines is 1. The molecule has 0 fully saturated rings. The number of rotatable bonds is 4. The van der Waals surface area contributed by atoms with E-state index < -0.39 is 22.3 Å². The van der Waals surface area contributed by atoms with Gasteiger partial charge in [0, 0.05) is 17.8 Å². The molecule has 24 heavy (non-hydrogen) atoms. The summed E-state index contributed by atoms with van der Waals surface area (Å²) >= 11 is 0. The quantitative estimate of drug-likeness (QED) is 0.502. The van der Waals surface area contributed by atoms with E-state index in [0.29, 0.717) is 0 Å². The van der Waals surface area contributed by atoms with E-state index in [0.717, 1.165) is 11.6 Å². The number of nitro groups is 1. The van der Waals surface area contributed by atoms with Crippen LogP contribution in [0.5, 0.6) is 0 Å². The van der Waals surface area contributed by atoms with Crippen molar-refractivity contribution in [3.05, 3.63) is 74.2 Å². The maximum absolute atomic E-state index is 11.5. The first-order valence-electron chi connectivity index (χ1n) is 6.87. The number of nitrogens with zero attached hydrogens (tertiary/aromatic N) is 1. The zero-order chi connectivity index (χ0) is 17.4. The van der Waals surface area contributed by atoms with Crippen molar-refractivity contribution in [2.24, 2.45) is 0 Å². The van der Waals surface area contributed by atoms with Crippen molar-refractivity contribution in [3.8, 4) is 11.8 Å². The minimum atomic E-state index is -0.798. The summed E-state index contributed by atoms with van der Waals surface area (Å²) in [7, 11) is 0. The van der Waals surface area contributed by atoms with E-state index in [-0.39, 0.29) is 18.7 Å². The predicted molar refractivity (Wildman–Crippen MR) is 85.2 cm³/mol. The summed E-state index contributed by atoms with van der Waals surface area (Å²) in [6.45, 7) is 0.146. The van der Waals surface area contributed by atoms with E-state index >= 15 is 0 Å². The fourth-order valence-electron chi connectivity index (χ4n) is 1.72. The Morgan fingerprint density at radius 1 is 1.33 bits per heavy atom. The lowest BCUT2D eigenvalue weighted by molar-refractivity contribution is -0.386. The molecular weight excluding hydrogens is 314 g/mol. The summed E-state index contributed by atoms with van der Waals surface area (Å²) in [5, 5.41) is 13.1. The number of carbonyl (C=O) groups excluding carboxylic acids is 1. The number of aromatic nitrogens is 1. The minimum absolute atomic E-state index is 0.000543. The molecule has 1 heterocycles. The van der Waals surface area contributed by atoms with Gasteiger partial charge in [-0.15, -0.1) is 0 Å². The number of benzene rings is 1. The molecule has 0 bridgehead atoms. The van der Waals surface area contributed by atoms with Gasteiger partial charge in [0.1, 0.15) is 6.61 Å². The van der Waals surface area contributed by atoms with Crippen LogP contribution in [0.1, 0.15) is 11.1 Å². The molecular formula is C16H13N3O5. The van der Waals surface area contributed by atoms with E-state index in [9.17, 15) is 19.7 Å². The van der Waals surface area contributed by atoms with Crippen LogP contribution >= 0.6 is 0 Å². The van der Waals surface area contributed by atoms with Crippen LogP contribution in [0.2, 0.25) is 0 Å². The molecule has 1 amide bonds. The van der Waals surface area contributed by atoms with Gasteiger partial charge in [0.2, 0.25) is 0 Å². The van der Waals surface area contributed by atoms with Gasteiger partial charge in [0.25, 0.3) is 0 Å². The average Bonchev–Trinajstić information content (AvgIpc) is 2.59. The number of ether oxygens (including phenoxy) is 1. The second-order valence-electron chi connectivity index (χ2n) is 4.58. The highest BCUT2D eigenvalue weighted by Gasteiger charge is 2.11. The van der Waals surface area contributed by atoms with E-state index in [1.54, 1.807) is 0 Å². The molecule has 0 radical (unpaired) electrons. The molecule has 1 aromatic heterocycles. The molecule has 0 saturated heterocycles. The van der Waals surface area contributed by atoms with Gasteiger partial charge >= 0.3 is 17.3 Å². The van der Waals surface area contributed by atoms with Crippen molar-refractivity contribution in [1.82, 2.24) is 10.3 Å².